The third-order valence-corrected chi connectivity index (χ3v) is 3.47. The van der Waals surface area contributed by atoms with Crippen LogP contribution in [-0.4, -0.2) is 33.4 Å². The summed E-state index contributed by atoms with van der Waals surface area (Å²) in [5, 5.41) is 0.589. The summed E-state index contributed by atoms with van der Waals surface area (Å²) in [6.07, 6.45) is 2.96. The number of hydrogen-bond donors (Lipinski definition) is 0. The van der Waals surface area contributed by atoms with Gasteiger partial charge in [0.2, 0.25) is 0 Å². The highest BCUT2D eigenvalue weighted by atomic mass is 35.5. The molecule has 0 saturated carbocycles. The van der Waals surface area contributed by atoms with E-state index >= 15 is 0 Å². The maximum atomic E-state index is 11.8. The topological polar surface area (TPSA) is 54.0 Å². The quantitative estimate of drug-likeness (QED) is 0.403. The predicted octanol–water partition coefficient (Wildman–Crippen LogP) is 3.99. The van der Waals surface area contributed by atoms with E-state index in [1.807, 2.05) is 0 Å². The molecule has 6 heteroatoms. The summed E-state index contributed by atoms with van der Waals surface area (Å²) >= 11 is 5.86. The van der Waals surface area contributed by atoms with Crippen molar-refractivity contribution in [3.8, 4) is 17.2 Å². The van der Waals surface area contributed by atoms with Crippen LogP contribution in [0.25, 0.3) is 6.08 Å². The molecule has 0 saturated heterocycles. The van der Waals surface area contributed by atoms with Gasteiger partial charge in [0.25, 0.3) is 0 Å². The summed E-state index contributed by atoms with van der Waals surface area (Å²) in [7, 11) is 3.13. The lowest BCUT2D eigenvalue weighted by Crippen LogP contribution is -2.10. The van der Waals surface area contributed by atoms with Crippen molar-refractivity contribution in [1.29, 1.82) is 0 Å². The third-order valence-electron chi connectivity index (χ3n) is 3.23. The molecule has 0 amide bonds. The Labute approximate surface area is 151 Å². The van der Waals surface area contributed by atoms with Gasteiger partial charge in [-0.3, -0.25) is 0 Å². The fourth-order valence-electron chi connectivity index (χ4n) is 2.02. The number of halogens is 1. The van der Waals surface area contributed by atoms with Crippen LogP contribution in [0.15, 0.2) is 48.5 Å². The molecule has 0 bridgehead atoms. The van der Waals surface area contributed by atoms with Gasteiger partial charge in [-0.05, 0) is 36.4 Å². The fraction of sp³-hybridized carbons (Fsp3) is 0.211. The van der Waals surface area contributed by atoms with Crippen molar-refractivity contribution in [1.82, 2.24) is 0 Å². The van der Waals surface area contributed by atoms with Crippen molar-refractivity contribution in [3.05, 3.63) is 59.1 Å². The van der Waals surface area contributed by atoms with Crippen molar-refractivity contribution in [2.24, 2.45) is 0 Å². The molecule has 0 unspecified atom stereocenters. The highest BCUT2D eigenvalue weighted by molar-refractivity contribution is 6.30. The van der Waals surface area contributed by atoms with Crippen LogP contribution >= 0.6 is 11.6 Å². The van der Waals surface area contributed by atoms with E-state index in [-0.39, 0.29) is 13.2 Å². The van der Waals surface area contributed by atoms with Crippen molar-refractivity contribution in [2.45, 2.75) is 0 Å². The summed E-state index contributed by atoms with van der Waals surface area (Å²) in [6.45, 7) is 0.376. The lowest BCUT2D eigenvalue weighted by atomic mass is 10.2. The minimum Gasteiger partial charge on any atom is -0.497 e. The normalized spacial score (nSPS) is 10.5. The number of hydrogen-bond acceptors (Lipinski definition) is 5. The van der Waals surface area contributed by atoms with Gasteiger partial charge in [-0.1, -0.05) is 17.7 Å². The molecule has 5 nitrogen and oxygen atoms in total. The lowest BCUT2D eigenvalue weighted by molar-refractivity contribution is -0.138. The second-order valence-electron chi connectivity index (χ2n) is 4.91. The molecule has 0 aliphatic heterocycles. The molecule has 0 aromatic heterocycles. The van der Waals surface area contributed by atoms with Gasteiger partial charge < -0.3 is 18.9 Å². The molecule has 2 aromatic carbocycles. The molecule has 2 aromatic rings. The largest absolute Gasteiger partial charge is 0.497 e. The number of carbonyl (C=O) groups excluding carboxylic acids is 1. The summed E-state index contributed by atoms with van der Waals surface area (Å²) < 4.78 is 20.9. The molecular formula is C19H19ClO5. The first-order valence-corrected chi connectivity index (χ1v) is 7.95. The zero-order chi connectivity index (χ0) is 18.1. The van der Waals surface area contributed by atoms with Gasteiger partial charge in [-0.15, -0.1) is 0 Å². The second-order valence-corrected chi connectivity index (χ2v) is 5.35. The molecule has 2 rings (SSSR count). The molecule has 0 atom stereocenters. The number of benzene rings is 2. The Kier molecular flexibility index (Phi) is 7.16. The van der Waals surface area contributed by atoms with E-state index < -0.39 is 5.97 Å². The molecule has 0 aliphatic rings. The first-order valence-electron chi connectivity index (χ1n) is 7.57. The van der Waals surface area contributed by atoms with Gasteiger partial charge in [-0.25, -0.2) is 4.79 Å². The van der Waals surface area contributed by atoms with E-state index in [1.54, 1.807) is 62.8 Å². The van der Waals surface area contributed by atoms with E-state index in [0.717, 1.165) is 5.56 Å². The van der Waals surface area contributed by atoms with Crippen LogP contribution in [0, 0.1) is 0 Å². The van der Waals surface area contributed by atoms with Crippen molar-refractivity contribution in [2.75, 3.05) is 27.4 Å². The minimum absolute atomic E-state index is 0.134. The SMILES string of the molecule is COc1ccc(/C=C/C(=O)OCCOc2cccc(Cl)c2)c(OC)c1. The van der Waals surface area contributed by atoms with Crippen molar-refractivity contribution >= 4 is 23.6 Å². The van der Waals surface area contributed by atoms with Crippen LogP contribution in [0.3, 0.4) is 0 Å². The highest BCUT2D eigenvalue weighted by Gasteiger charge is 2.04. The summed E-state index contributed by atoms with van der Waals surface area (Å²) in [5.74, 6) is 1.44. The smallest absolute Gasteiger partial charge is 0.330 e. The summed E-state index contributed by atoms with van der Waals surface area (Å²) in [4.78, 5) is 11.8. The zero-order valence-electron chi connectivity index (χ0n) is 14.0. The molecule has 25 heavy (non-hydrogen) atoms. The van der Waals surface area contributed by atoms with Gasteiger partial charge in [0.05, 0.1) is 14.2 Å². The van der Waals surface area contributed by atoms with E-state index in [0.29, 0.717) is 22.3 Å². The van der Waals surface area contributed by atoms with Gasteiger partial charge in [0, 0.05) is 22.7 Å². The minimum atomic E-state index is -0.465. The third kappa shape index (κ3) is 6.04. The zero-order valence-corrected chi connectivity index (χ0v) is 14.8. The van der Waals surface area contributed by atoms with Crippen LogP contribution < -0.4 is 14.2 Å². The van der Waals surface area contributed by atoms with E-state index in [2.05, 4.69) is 0 Å². The Morgan fingerprint density at radius 2 is 1.88 bits per heavy atom. The Bertz CT molecular complexity index is 742. The Hall–Kier alpha value is -2.66. The lowest BCUT2D eigenvalue weighted by Gasteiger charge is -2.08. The van der Waals surface area contributed by atoms with Gasteiger partial charge in [-0.2, -0.15) is 0 Å². The van der Waals surface area contributed by atoms with Crippen LogP contribution in [0.5, 0.6) is 17.2 Å². The number of rotatable bonds is 8. The second kappa shape index (κ2) is 9.59. The van der Waals surface area contributed by atoms with Crippen molar-refractivity contribution in [3.63, 3.8) is 0 Å². The first kappa shape index (κ1) is 18.7. The summed E-state index contributed by atoms with van der Waals surface area (Å²) in [5.41, 5.74) is 0.746. The number of ether oxygens (including phenoxy) is 4. The van der Waals surface area contributed by atoms with Gasteiger partial charge in [0.15, 0.2) is 0 Å². The monoisotopic (exact) mass is 362 g/mol. The maximum absolute atomic E-state index is 11.8. The van der Waals surface area contributed by atoms with E-state index in [1.165, 1.54) is 6.08 Å². The molecule has 0 heterocycles. The number of esters is 1. The van der Waals surface area contributed by atoms with Crippen LogP contribution in [-0.2, 0) is 9.53 Å². The molecule has 0 N–H and O–H groups in total. The Morgan fingerprint density at radius 1 is 1.04 bits per heavy atom. The molecular weight excluding hydrogens is 344 g/mol. The van der Waals surface area contributed by atoms with Gasteiger partial charge in [0.1, 0.15) is 30.5 Å². The van der Waals surface area contributed by atoms with Crippen LogP contribution in [0.1, 0.15) is 5.56 Å². The van der Waals surface area contributed by atoms with E-state index in [9.17, 15) is 4.79 Å². The first-order chi connectivity index (χ1) is 12.1. The fourth-order valence-corrected chi connectivity index (χ4v) is 2.20. The number of carbonyl (C=O) groups is 1. The average molecular weight is 363 g/mol. The summed E-state index contributed by atoms with van der Waals surface area (Å²) in [6, 6.07) is 12.3. The molecule has 0 radical (unpaired) electrons. The van der Waals surface area contributed by atoms with E-state index in [4.69, 9.17) is 30.5 Å². The standard InChI is InChI=1S/C19H19ClO5/c1-22-16-8-6-14(18(13-16)23-2)7-9-19(21)25-11-10-24-17-5-3-4-15(20)12-17/h3-9,12-13H,10-11H2,1-2H3/b9-7+. The maximum Gasteiger partial charge on any atom is 0.330 e. The van der Waals surface area contributed by atoms with Gasteiger partial charge >= 0.3 is 5.97 Å². The molecule has 132 valence electrons. The van der Waals surface area contributed by atoms with Crippen molar-refractivity contribution < 1.29 is 23.7 Å². The molecule has 0 aliphatic carbocycles. The number of methoxy groups -OCH3 is 2. The molecule has 0 fully saturated rings. The van der Waals surface area contributed by atoms with Crippen LogP contribution in [0.2, 0.25) is 5.02 Å². The van der Waals surface area contributed by atoms with Crippen LogP contribution in [0.4, 0.5) is 0 Å². The Balaban J connectivity index is 1.81. The molecule has 0 spiro atoms. The predicted molar refractivity (Wildman–Crippen MR) is 96.5 cm³/mol. The average Bonchev–Trinajstić information content (AvgIpc) is 2.63. The highest BCUT2D eigenvalue weighted by Crippen LogP contribution is 2.25. The Morgan fingerprint density at radius 3 is 2.60 bits per heavy atom.